The van der Waals surface area contributed by atoms with Gasteiger partial charge >= 0.3 is 0 Å². The number of nitrogens with one attached hydrogen (secondary N) is 1. The van der Waals surface area contributed by atoms with Crippen molar-refractivity contribution in [2.75, 3.05) is 19.6 Å². The fourth-order valence-corrected chi connectivity index (χ4v) is 3.05. The zero-order chi connectivity index (χ0) is 15.4. The fourth-order valence-electron chi connectivity index (χ4n) is 3.05. The number of aromatic nitrogens is 1. The molecule has 0 saturated heterocycles. The molecule has 4 nitrogen and oxygen atoms in total. The second-order valence-electron chi connectivity index (χ2n) is 5.50. The number of benzene rings is 1. The van der Waals surface area contributed by atoms with Crippen LogP contribution in [0.2, 0.25) is 0 Å². The van der Waals surface area contributed by atoms with E-state index in [1.54, 1.807) is 6.08 Å². The zero-order valence-electron chi connectivity index (χ0n) is 12.6. The predicted octanol–water partition coefficient (Wildman–Crippen LogP) is 2.20. The van der Waals surface area contributed by atoms with Gasteiger partial charge in [0.25, 0.3) is 0 Å². The first-order valence-electron chi connectivity index (χ1n) is 7.61. The molecule has 1 aliphatic rings. The molecule has 2 heterocycles. The van der Waals surface area contributed by atoms with Crippen molar-refractivity contribution in [3.05, 3.63) is 72.6 Å². The van der Waals surface area contributed by atoms with E-state index < -0.39 is 0 Å². The van der Waals surface area contributed by atoms with Gasteiger partial charge in [-0.2, -0.15) is 0 Å². The SMILES string of the molecule is C=CCNC(=O)CN1CCn2cccc2[C@H]1c1ccccc1. The van der Waals surface area contributed by atoms with Crippen LogP contribution in [0.3, 0.4) is 0 Å². The Bertz CT molecular complexity index is 647. The Morgan fingerprint density at radius 1 is 1.23 bits per heavy atom. The third-order valence-corrected chi connectivity index (χ3v) is 4.04. The van der Waals surface area contributed by atoms with Crippen LogP contribution >= 0.6 is 0 Å². The predicted molar refractivity (Wildman–Crippen MR) is 87.5 cm³/mol. The summed E-state index contributed by atoms with van der Waals surface area (Å²) in [6, 6.07) is 14.7. The normalized spacial score (nSPS) is 17.7. The van der Waals surface area contributed by atoms with Gasteiger partial charge in [0.1, 0.15) is 0 Å². The van der Waals surface area contributed by atoms with Crippen molar-refractivity contribution in [1.82, 2.24) is 14.8 Å². The summed E-state index contributed by atoms with van der Waals surface area (Å²) in [4.78, 5) is 14.3. The molecule has 1 N–H and O–H groups in total. The van der Waals surface area contributed by atoms with Gasteiger partial charge in [-0.3, -0.25) is 9.69 Å². The standard InChI is InChI=1S/C18H21N3O/c1-2-10-19-17(22)14-21-13-12-20-11-6-9-16(20)18(21)15-7-4-3-5-8-15/h2-9,11,18H,1,10,12-14H2,(H,19,22)/t18-/m1/s1. The molecule has 0 unspecified atom stereocenters. The number of carbonyl (C=O) groups is 1. The Kier molecular flexibility index (Phi) is 4.39. The van der Waals surface area contributed by atoms with Crippen LogP contribution in [0.25, 0.3) is 0 Å². The largest absolute Gasteiger partial charge is 0.352 e. The van der Waals surface area contributed by atoms with E-state index in [0.29, 0.717) is 13.1 Å². The third-order valence-electron chi connectivity index (χ3n) is 4.04. The van der Waals surface area contributed by atoms with E-state index in [1.165, 1.54) is 11.3 Å². The summed E-state index contributed by atoms with van der Waals surface area (Å²) in [5, 5.41) is 2.86. The number of carbonyl (C=O) groups excluding carboxylic acids is 1. The first kappa shape index (κ1) is 14.6. The van der Waals surface area contributed by atoms with Gasteiger partial charge in [0.2, 0.25) is 5.91 Å². The van der Waals surface area contributed by atoms with Gasteiger partial charge < -0.3 is 9.88 Å². The number of fused-ring (bicyclic) bond motifs is 1. The molecular weight excluding hydrogens is 274 g/mol. The van der Waals surface area contributed by atoms with E-state index in [0.717, 1.165) is 13.1 Å². The topological polar surface area (TPSA) is 37.3 Å². The highest BCUT2D eigenvalue weighted by atomic mass is 16.2. The molecule has 1 aromatic heterocycles. The Labute approximate surface area is 131 Å². The summed E-state index contributed by atoms with van der Waals surface area (Å²) in [5.74, 6) is 0.0424. The molecule has 0 spiro atoms. The second-order valence-corrected chi connectivity index (χ2v) is 5.50. The average Bonchev–Trinajstić information content (AvgIpc) is 3.02. The van der Waals surface area contributed by atoms with Gasteiger partial charge in [-0.25, -0.2) is 0 Å². The smallest absolute Gasteiger partial charge is 0.234 e. The molecule has 4 heteroatoms. The molecule has 0 aliphatic carbocycles. The van der Waals surface area contributed by atoms with E-state index in [-0.39, 0.29) is 11.9 Å². The summed E-state index contributed by atoms with van der Waals surface area (Å²) < 4.78 is 2.27. The van der Waals surface area contributed by atoms with Crippen molar-refractivity contribution in [2.24, 2.45) is 0 Å². The molecule has 1 aromatic carbocycles. The van der Waals surface area contributed by atoms with Crippen LogP contribution in [0.4, 0.5) is 0 Å². The second kappa shape index (κ2) is 6.62. The van der Waals surface area contributed by atoms with Crippen molar-refractivity contribution in [3.8, 4) is 0 Å². The highest BCUT2D eigenvalue weighted by molar-refractivity contribution is 5.78. The molecule has 0 radical (unpaired) electrons. The van der Waals surface area contributed by atoms with Gasteiger partial charge in [0.05, 0.1) is 12.6 Å². The monoisotopic (exact) mass is 295 g/mol. The minimum Gasteiger partial charge on any atom is -0.352 e. The first-order valence-corrected chi connectivity index (χ1v) is 7.61. The van der Waals surface area contributed by atoms with E-state index in [2.05, 4.69) is 51.8 Å². The maximum absolute atomic E-state index is 12.1. The molecule has 2 aromatic rings. The number of hydrogen-bond donors (Lipinski definition) is 1. The molecule has 1 atom stereocenters. The van der Waals surface area contributed by atoms with Crippen LogP contribution in [0.5, 0.6) is 0 Å². The van der Waals surface area contributed by atoms with Gasteiger partial charge in [-0.1, -0.05) is 36.4 Å². The van der Waals surface area contributed by atoms with Gasteiger partial charge in [0.15, 0.2) is 0 Å². The van der Waals surface area contributed by atoms with Crippen molar-refractivity contribution < 1.29 is 4.79 Å². The quantitative estimate of drug-likeness (QED) is 0.859. The van der Waals surface area contributed by atoms with Crippen LogP contribution in [0, 0.1) is 0 Å². The number of hydrogen-bond acceptors (Lipinski definition) is 2. The van der Waals surface area contributed by atoms with E-state index >= 15 is 0 Å². The Morgan fingerprint density at radius 2 is 2.05 bits per heavy atom. The summed E-state index contributed by atoms with van der Waals surface area (Å²) in [7, 11) is 0. The molecule has 1 aliphatic heterocycles. The summed E-state index contributed by atoms with van der Waals surface area (Å²) in [6.07, 6.45) is 3.81. The molecule has 0 bridgehead atoms. The lowest BCUT2D eigenvalue weighted by Crippen LogP contribution is -2.44. The maximum Gasteiger partial charge on any atom is 0.234 e. The van der Waals surface area contributed by atoms with Crippen LogP contribution in [0.15, 0.2) is 61.3 Å². The Balaban J connectivity index is 1.86. The van der Waals surface area contributed by atoms with Crippen LogP contribution < -0.4 is 5.32 Å². The van der Waals surface area contributed by atoms with Crippen molar-refractivity contribution in [3.63, 3.8) is 0 Å². The number of rotatable bonds is 5. The third kappa shape index (κ3) is 2.97. The van der Waals surface area contributed by atoms with Crippen molar-refractivity contribution in [1.29, 1.82) is 0 Å². The minimum absolute atomic E-state index is 0.0424. The summed E-state index contributed by atoms with van der Waals surface area (Å²) >= 11 is 0. The van der Waals surface area contributed by atoms with E-state index in [4.69, 9.17) is 0 Å². The molecule has 1 amide bonds. The Hall–Kier alpha value is -2.33. The van der Waals surface area contributed by atoms with Crippen LogP contribution in [-0.2, 0) is 11.3 Å². The molecule has 0 fully saturated rings. The van der Waals surface area contributed by atoms with Gasteiger partial charge in [-0.05, 0) is 17.7 Å². The highest BCUT2D eigenvalue weighted by Crippen LogP contribution is 2.31. The number of amides is 1. The van der Waals surface area contributed by atoms with E-state index in [1.807, 2.05) is 18.2 Å². The molecule has 3 rings (SSSR count). The van der Waals surface area contributed by atoms with Gasteiger partial charge in [-0.15, -0.1) is 6.58 Å². The molecule has 114 valence electrons. The number of nitrogens with zero attached hydrogens (tertiary/aromatic N) is 2. The molecular formula is C18H21N3O. The zero-order valence-corrected chi connectivity index (χ0v) is 12.6. The lowest BCUT2D eigenvalue weighted by Gasteiger charge is -2.36. The van der Waals surface area contributed by atoms with Crippen LogP contribution in [0.1, 0.15) is 17.3 Å². The minimum atomic E-state index is 0.0424. The summed E-state index contributed by atoms with van der Waals surface area (Å²) in [5.41, 5.74) is 2.47. The first-order chi connectivity index (χ1) is 10.8. The molecule has 0 saturated carbocycles. The fraction of sp³-hybridized carbons (Fsp3) is 0.278. The highest BCUT2D eigenvalue weighted by Gasteiger charge is 2.29. The molecule has 22 heavy (non-hydrogen) atoms. The Morgan fingerprint density at radius 3 is 2.82 bits per heavy atom. The van der Waals surface area contributed by atoms with Crippen LogP contribution in [-0.4, -0.2) is 35.0 Å². The maximum atomic E-state index is 12.1. The summed E-state index contributed by atoms with van der Waals surface area (Å²) in [6.45, 7) is 6.33. The van der Waals surface area contributed by atoms with Gasteiger partial charge in [0, 0.05) is 31.5 Å². The van der Waals surface area contributed by atoms with E-state index in [9.17, 15) is 4.79 Å². The van der Waals surface area contributed by atoms with Crippen molar-refractivity contribution in [2.45, 2.75) is 12.6 Å². The average molecular weight is 295 g/mol. The lowest BCUT2D eigenvalue weighted by atomic mass is 10.00. The lowest BCUT2D eigenvalue weighted by molar-refractivity contribution is -0.122. The van der Waals surface area contributed by atoms with Crippen molar-refractivity contribution >= 4 is 5.91 Å².